The molecule has 3 fully saturated rings. The zero-order valence-electron chi connectivity index (χ0n) is 22.0. The predicted molar refractivity (Wildman–Crippen MR) is 147 cm³/mol. The molecule has 8 nitrogen and oxygen atoms in total. The third-order valence-corrected chi connectivity index (χ3v) is 8.49. The summed E-state index contributed by atoms with van der Waals surface area (Å²) in [6.07, 6.45) is 3.46. The van der Waals surface area contributed by atoms with Gasteiger partial charge in [0, 0.05) is 82.4 Å². The highest BCUT2D eigenvalue weighted by molar-refractivity contribution is 6.30. The number of nitrogens with zero attached hydrogens (tertiary/aromatic N) is 5. The van der Waals surface area contributed by atoms with Crippen LogP contribution in [0.25, 0.3) is 11.3 Å². The Balaban J connectivity index is 1.10. The Morgan fingerprint density at radius 3 is 2.05 bits per heavy atom. The Bertz CT molecular complexity index is 1150. The number of hydrogen-bond donors (Lipinski definition) is 0. The summed E-state index contributed by atoms with van der Waals surface area (Å²) in [6.45, 7) is 7.55. The number of piperidine rings is 2. The number of hydrogen-bond acceptors (Lipinski definition) is 5. The van der Waals surface area contributed by atoms with Gasteiger partial charge in [0.1, 0.15) is 5.15 Å². The molecule has 3 saturated heterocycles. The van der Waals surface area contributed by atoms with Crippen LogP contribution in [0.15, 0.2) is 42.5 Å². The second-order valence-corrected chi connectivity index (χ2v) is 11.0. The first-order chi connectivity index (χ1) is 18.4. The molecule has 0 aliphatic carbocycles. The largest absolute Gasteiger partial charge is 0.343 e. The molecule has 4 heterocycles. The van der Waals surface area contributed by atoms with Crippen LogP contribution in [-0.2, 0) is 9.59 Å². The molecular weight excluding hydrogens is 502 g/mol. The summed E-state index contributed by atoms with van der Waals surface area (Å²) in [7, 11) is 0. The number of amides is 3. The fourth-order valence-electron chi connectivity index (χ4n) is 6.00. The van der Waals surface area contributed by atoms with Crippen LogP contribution in [0.1, 0.15) is 43.0 Å². The Morgan fingerprint density at radius 2 is 1.42 bits per heavy atom. The maximum absolute atomic E-state index is 13.3. The number of piperazine rings is 1. The number of rotatable bonds is 4. The van der Waals surface area contributed by atoms with Gasteiger partial charge in [-0.2, -0.15) is 0 Å². The highest BCUT2D eigenvalue weighted by atomic mass is 35.5. The molecule has 0 saturated carbocycles. The fourth-order valence-corrected chi connectivity index (χ4v) is 6.21. The van der Waals surface area contributed by atoms with E-state index in [0.717, 1.165) is 57.4 Å². The number of halogens is 1. The second kappa shape index (κ2) is 11.8. The molecular formula is C29H36ClN5O3. The van der Waals surface area contributed by atoms with E-state index < -0.39 is 0 Å². The minimum absolute atomic E-state index is 0.0117. The van der Waals surface area contributed by atoms with Crippen molar-refractivity contribution >= 4 is 29.3 Å². The fraction of sp³-hybridized carbons (Fsp3) is 0.517. The van der Waals surface area contributed by atoms with Crippen LogP contribution in [0, 0.1) is 5.92 Å². The van der Waals surface area contributed by atoms with Gasteiger partial charge in [0.15, 0.2) is 0 Å². The first kappa shape index (κ1) is 26.6. The van der Waals surface area contributed by atoms with E-state index in [4.69, 9.17) is 11.6 Å². The lowest BCUT2D eigenvalue weighted by molar-refractivity contribution is -0.141. The van der Waals surface area contributed by atoms with Gasteiger partial charge < -0.3 is 14.7 Å². The lowest BCUT2D eigenvalue weighted by atomic mass is 9.93. The summed E-state index contributed by atoms with van der Waals surface area (Å²) in [5, 5.41) is 0.319. The van der Waals surface area contributed by atoms with Crippen molar-refractivity contribution in [3.63, 3.8) is 0 Å². The molecule has 0 atom stereocenters. The van der Waals surface area contributed by atoms with Crippen molar-refractivity contribution in [2.24, 2.45) is 5.92 Å². The molecule has 0 unspecified atom stereocenters. The summed E-state index contributed by atoms with van der Waals surface area (Å²) >= 11 is 6.28. The highest BCUT2D eigenvalue weighted by Gasteiger charge is 2.34. The summed E-state index contributed by atoms with van der Waals surface area (Å²) < 4.78 is 0. The Morgan fingerprint density at radius 1 is 0.789 bits per heavy atom. The molecule has 0 spiro atoms. The van der Waals surface area contributed by atoms with Crippen molar-refractivity contribution in [1.29, 1.82) is 0 Å². The number of carbonyl (C=O) groups is 3. The first-order valence-electron chi connectivity index (χ1n) is 13.7. The zero-order valence-corrected chi connectivity index (χ0v) is 22.8. The molecule has 0 radical (unpaired) electrons. The molecule has 9 heteroatoms. The molecule has 38 heavy (non-hydrogen) atoms. The van der Waals surface area contributed by atoms with Gasteiger partial charge in [0.2, 0.25) is 11.8 Å². The predicted octanol–water partition coefficient (Wildman–Crippen LogP) is 3.41. The van der Waals surface area contributed by atoms with Crippen LogP contribution >= 0.6 is 11.6 Å². The van der Waals surface area contributed by atoms with E-state index in [1.165, 1.54) is 0 Å². The molecule has 5 rings (SSSR count). The summed E-state index contributed by atoms with van der Waals surface area (Å²) in [6, 6.07) is 13.7. The van der Waals surface area contributed by atoms with Gasteiger partial charge in [0.25, 0.3) is 5.91 Å². The van der Waals surface area contributed by atoms with E-state index in [0.29, 0.717) is 48.6 Å². The van der Waals surface area contributed by atoms with Crippen LogP contribution < -0.4 is 0 Å². The van der Waals surface area contributed by atoms with Crippen molar-refractivity contribution in [2.75, 3.05) is 52.4 Å². The SMILES string of the molecule is CC(=O)N1CCC(C(=O)N2CCC(N3CCN(C(=O)c4cc(Cl)nc(-c5ccccc5)c4)CC3)CC2)CC1. The molecule has 3 amide bonds. The van der Waals surface area contributed by atoms with Gasteiger partial charge >= 0.3 is 0 Å². The monoisotopic (exact) mass is 537 g/mol. The lowest BCUT2D eigenvalue weighted by Gasteiger charge is -2.43. The maximum Gasteiger partial charge on any atom is 0.254 e. The van der Waals surface area contributed by atoms with E-state index in [-0.39, 0.29) is 23.6 Å². The number of benzene rings is 1. The molecule has 0 N–H and O–H groups in total. The third kappa shape index (κ3) is 6.02. The van der Waals surface area contributed by atoms with E-state index >= 15 is 0 Å². The van der Waals surface area contributed by atoms with Crippen molar-refractivity contribution in [3.8, 4) is 11.3 Å². The molecule has 1 aromatic carbocycles. The van der Waals surface area contributed by atoms with Crippen LogP contribution in [0.4, 0.5) is 0 Å². The van der Waals surface area contributed by atoms with E-state index in [2.05, 4.69) is 9.88 Å². The van der Waals surface area contributed by atoms with Gasteiger partial charge in [-0.3, -0.25) is 19.3 Å². The topological polar surface area (TPSA) is 77.1 Å². The van der Waals surface area contributed by atoms with Gasteiger partial charge in [-0.15, -0.1) is 0 Å². The number of likely N-dealkylation sites (tertiary alicyclic amines) is 2. The first-order valence-corrected chi connectivity index (χ1v) is 14.1. The number of carbonyl (C=O) groups excluding carboxylic acids is 3. The lowest BCUT2D eigenvalue weighted by Crippen LogP contribution is -2.55. The van der Waals surface area contributed by atoms with Crippen LogP contribution in [-0.4, -0.2) is 101 Å². The molecule has 0 bridgehead atoms. The molecule has 1 aromatic heterocycles. The summed E-state index contributed by atoms with van der Waals surface area (Å²) in [5.41, 5.74) is 2.20. The van der Waals surface area contributed by atoms with Crippen molar-refractivity contribution < 1.29 is 14.4 Å². The Hall–Kier alpha value is -2.97. The number of pyridine rings is 1. The van der Waals surface area contributed by atoms with E-state index in [1.54, 1.807) is 13.0 Å². The summed E-state index contributed by atoms with van der Waals surface area (Å²) in [5.74, 6) is 0.385. The van der Waals surface area contributed by atoms with Gasteiger partial charge in [0.05, 0.1) is 5.69 Å². The average molecular weight is 538 g/mol. The van der Waals surface area contributed by atoms with Crippen LogP contribution in [0.5, 0.6) is 0 Å². The van der Waals surface area contributed by atoms with Crippen LogP contribution in [0.2, 0.25) is 5.15 Å². The number of aromatic nitrogens is 1. The van der Waals surface area contributed by atoms with Crippen LogP contribution in [0.3, 0.4) is 0 Å². The van der Waals surface area contributed by atoms with Gasteiger partial charge in [-0.25, -0.2) is 4.98 Å². The van der Waals surface area contributed by atoms with Crippen molar-refractivity contribution in [1.82, 2.24) is 24.6 Å². The molecule has 3 aliphatic rings. The minimum atomic E-state index is -0.0117. The quantitative estimate of drug-likeness (QED) is 0.559. The Labute approximate surface area is 229 Å². The Kier molecular flexibility index (Phi) is 8.29. The third-order valence-electron chi connectivity index (χ3n) is 8.29. The normalized spacial score (nSPS) is 20.0. The standard InChI is InChI=1S/C29H36ClN5O3/c1-21(36)32-11-7-23(8-12-32)28(37)34-13-9-25(10-14-34)33-15-17-35(18-16-33)29(38)24-19-26(31-27(30)20-24)22-5-3-2-4-6-22/h2-6,19-20,23,25H,7-18H2,1H3. The summed E-state index contributed by atoms with van der Waals surface area (Å²) in [4.78, 5) is 50.6. The van der Waals surface area contributed by atoms with Crippen molar-refractivity contribution in [2.45, 2.75) is 38.6 Å². The van der Waals surface area contributed by atoms with Gasteiger partial charge in [-0.05, 0) is 37.8 Å². The van der Waals surface area contributed by atoms with E-state index in [1.807, 2.05) is 51.1 Å². The maximum atomic E-state index is 13.3. The minimum Gasteiger partial charge on any atom is -0.343 e. The van der Waals surface area contributed by atoms with E-state index in [9.17, 15) is 14.4 Å². The molecule has 202 valence electrons. The second-order valence-electron chi connectivity index (χ2n) is 10.6. The van der Waals surface area contributed by atoms with Gasteiger partial charge in [-0.1, -0.05) is 41.9 Å². The molecule has 2 aromatic rings. The average Bonchev–Trinajstić information content (AvgIpc) is 2.97. The zero-order chi connectivity index (χ0) is 26.6. The molecule has 3 aliphatic heterocycles. The van der Waals surface area contributed by atoms with Crippen molar-refractivity contribution in [3.05, 3.63) is 53.2 Å². The smallest absolute Gasteiger partial charge is 0.254 e. The highest BCUT2D eigenvalue weighted by Crippen LogP contribution is 2.26.